The molecule has 1 aromatic rings. The van der Waals surface area contributed by atoms with E-state index in [2.05, 4.69) is 31.2 Å². The third kappa shape index (κ3) is 3.21. The first kappa shape index (κ1) is 15.0. The molecule has 110 valence electrons. The van der Waals surface area contributed by atoms with Gasteiger partial charge in [0.25, 0.3) is 0 Å². The Balaban J connectivity index is 2.05. The van der Waals surface area contributed by atoms with Crippen LogP contribution in [0.1, 0.15) is 43.2 Å². The van der Waals surface area contributed by atoms with E-state index in [4.69, 9.17) is 5.73 Å². The number of hydrogen-bond donors (Lipinski definition) is 1. The Labute approximate surface area is 122 Å². The van der Waals surface area contributed by atoms with E-state index in [1.165, 1.54) is 17.5 Å². The van der Waals surface area contributed by atoms with Gasteiger partial charge in [0.1, 0.15) is 0 Å². The van der Waals surface area contributed by atoms with E-state index in [1.807, 2.05) is 11.9 Å². The predicted octanol–water partition coefficient (Wildman–Crippen LogP) is 2.86. The molecule has 0 heterocycles. The van der Waals surface area contributed by atoms with Crippen LogP contribution in [0.25, 0.3) is 0 Å². The van der Waals surface area contributed by atoms with E-state index >= 15 is 0 Å². The first-order valence-corrected chi connectivity index (χ1v) is 7.59. The van der Waals surface area contributed by atoms with Gasteiger partial charge in [-0.1, -0.05) is 49.1 Å². The Morgan fingerprint density at radius 1 is 1.20 bits per heavy atom. The summed E-state index contributed by atoms with van der Waals surface area (Å²) in [7, 11) is 1.90. The Morgan fingerprint density at radius 3 is 2.35 bits per heavy atom. The molecule has 0 saturated heterocycles. The highest BCUT2D eigenvalue weighted by atomic mass is 16.2. The van der Waals surface area contributed by atoms with E-state index in [-0.39, 0.29) is 11.3 Å². The molecular formula is C17H26N2O. The molecule has 0 spiro atoms. The zero-order chi connectivity index (χ0) is 14.6. The second-order valence-corrected chi connectivity index (χ2v) is 6.19. The Hall–Kier alpha value is -1.35. The minimum absolute atomic E-state index is 0.222. The van der Waals surface area contributed by atoms with Gasteiger partial charge in [0.15, 0.2) is 0 Å². The lowest BCUT2D eigenvalue weighted by atomic mass is 9.73. The van der Waals surface area contributed by atoms with Crippen LogP contribution in [0.15, 0.2) is 24.3 Å². The summed E-state index contributed by atoms with van der Waals surface area (Å²) in [5.41, 5.74) is 8.05. The molecule has 3 heteroatoms. The van der Waals surface area contributed by atoms with Gasteiger partial charge in [0, 0.05) is 20.1 Å². The summed E-state index contributed by atoms with van der Waals surface area (Å²) in [6.07, 6.45) is 5.38. The molecule has 0 bridgehead atoms. The van der Waals surface area contributed by atoms with Gasteiger partial charge in [-0.05, 0) is 25.3 Å². The molecule has 1 fully saturated rings. The fourth-order valence-electron chi connectivity index (χ4n) is 3.18. The van der Waals surface area contributed by atoms with Gasteiger partial charge in [-0.15, -0.1) is 0 Å². The maximum absolute atomic E-state index is 12.8. The largest absolute Gasteiger partial charge is 0.341 e. The van der Waals surface area contributed by atoms with Crippen molar-refractivity contribution in [3.05, 3.63) is 35.4 Å². The quantitative estimate of drug-likeness (QED) is 0.917. The summed E-state index contributed by atoms with van der Waals surface area (Å²) in [6.45, 7) is 3.22. The summed E-state index contributed by atoms with van der Waals surface area (Å²) in [5, 5.41) is 0. The minimum atomic E-state index is -0.308. The van der Waals surface area contributed by atoms with E-state index < -0.39 is 0 Å². The van der Waals surface area contributed by atoms with Crippen molar-refractivity contribution < 1.29 is 4.79 Å². The zero-order valence-electron chi connectivity index (χ0n) is 12.7. The molecule has 0 unspecified atom stereocenters. The minimum Gasteiger partial charge on any atom is -0.341 e. The lowest BCUT2D eigenvalue weighted by molar-refractivity contribution is -0.142. The van der Waals surface area contributed by atoms with Crippen molar-refractivity contribution in [1.29, 1.82) is 0 Å². The van der Waals surface area contributed by atoms with Crippen molar-refractivity contribution in [2.45, 2.75) is 45.6 Å². The van der Waals surface area contributed by atoms with Gasteiger partial charge in [0.05, 0.1) is 5.41 Å². The third-order valence-corrected chi connectivity index (χ3v) is 4.54. The average Bonchev–Trinajstić information content (AvgIpc) is 2.49. The summed E-state index contributed by atoms with van der Waals surface area (Å²) < 4.78 is 0. The average molecular weight is 274 g/mol. The van der Waals surface area contributed by atoms with E-state index in [0.717, 1.165) is 25.7 Å². The molecule has 1 aliphatic rings. The molecule has 1 aromatic carbocycles. The number of hydrogen-bond acceptors (Lipinski definition) is 2. The van der Waals surface area contributed by atoms with Crippen LogP contribution in [0.3, 0.4) is 0 Å². The van der Waals surface area contributed by atoms with E-state index in [0.29, 0.717) is 13.1 Å². The molecular weight excluding hydrogens is 248 g/mol. The molecule has 0 atom stereocenters. The number of benzene rings is 1. The third-order valence-electron chi connectivity index (χ3n) is 4.54. The molecule has 0 aromatic heterocycles. The molecule has 0 radical (unpaired) electrons. The van der Waals surface area contributed by atoms with Crippen LogP contribution >= 0.6 is 0 Å². The topological polar surface area (TPSA) is 46.3 Å². The van der Waals surface area contributed by atoms with Crippen molar-refractivity contribution in [3.63, 3.8) is 0 Å². The molecule has 1 aliphatic carbocycles. The highest BCUT2D eigenvalue weighted by molar-refractivity contribution is 5.83. The van der Waals surface area contributed by atoms with Gasteiger partial charge >= 0.3 is 0 Å². The van der Waals surface area contributed by atoms with E-state index in [1.54, 1.807) is 0 Å². The first-order valence-electron chi connectivity index (χ1n) is 7.59. The van der Waals surface area contributed by atoms with Crippen molar-refractivity contribution >= 4 is 5.91 Å². The molecule has 2 N–H and O–H groups in total. The Kier molecular flexibility index (Phi) is 4.81. The number of aryl methyl sites for hydroxylation is 1. The Morgan fingerprint density at radius 2 is 1.80 bits per heavy atom. The van der Waals surface area contributed by atoms with Crippen LogP contribution in [0, 0.1) is 12.3 Å². The second kappa shape index (κ2) is 6.40. The monoisotopic (exact) mass is 274 g/mol. The Bertz CT molecular complexity index is 447. The van der Waals surface area contributed by atoms with E-state index in [9.17, 15) is 4.79 Å². The highest BCUT2D eigenvalue weighted by Gasteiger charge is 2.39. The van der Waals surface area contributed by atoms with Gasteiger partial charge in [-0.2, -0.15) is 0 Å². The lowest BCUT2D eigenvalue weighted by Gasteiger charge is -2.37. The maximum Gasteiger partial charge on any atom is 0.230 e. The number of nitrogens with zero attached hydrogens (tertiary/aromatic N) is 1. The van der Waals surface area contributed by atoms with Crippen molar-refractivity contribution in [2.24, 2.45) is 11.1 Å². The predicted molar refractivity (Wildman–Crippen MR) is 82.2 cm³/mol. The van der Waals surface area contributed by atoms with Crippen LogP contribution in [-0.4, -0.2) is 24.4 Å². The second-order valence-electron chi connectivity index (χ2n) is 6.19. The maximum atomic E-state index is 12.8. The fourth-order valence-corrected chi connectivity index (χ4v) is 3.18. The molecule has 2 rings (SSSR count). The van der Waals surface area contributed by atoms with Gasteiger partial charge in [-0.3, -0.25) is 4.79 Å². The van der Waals surface area contributed by atoms with Crippen LogP contribution in [-0.2, 0) is 11.3 Å². The van der Waals surface area contributed by atoms with Crippen molar-refractivity contribution in [3.8, 4) is 0 Å². The molecule has 0 aliphatic heterocycles. The summed E-state index contributed by atoms with van der Waals surface area (Å²) in [5.74, 6) is 0.222. The van der Waals surface area contributed by atoms with Crippen molar-refractivity contribution in [1.82, 2.24) is 4.90 Å². The fraction of sp³-hybridized carbons (Fsp3) is 0.588. The standard InChI is InChI=1S/C17H26N2O/c1-14-6-8-15(9-7-14)12-19(2)16(20)17(13-18)10-4-3-5-11-17/h6-9H,3-5,10-13,18H2,1-2H3. The normalized spacial score (nSPS) is 17.8. The van der Waals surface area contributed by atoms with Gasteiger partial charge < -0.3 is 10.6 Å². The number of amides is 1. The number of nitrogens with two attached hydrogens (primary N) is 1. The van der Waals surface area contributed by atoms with Crippen LogP contribution in [0.5, 0.6) is 0 Å². The van der Waals surface area contributed by atoms with Gasteiger partial charge in [-0.25, -0.2) is 0 Å². The number of carbonyl (C=O) groups is 1. The van der Waals surface area contributed by atoms with Crippen LogP contribution < -0.4 is 5.73 Å². The first-order chi connectivity index (χ1) is 9.57. The summed E-state index contributed by atoms with van der Waals surface area (Å²) in [4.78, 5) is 14.6. The molecule has 1 amide bonds. The van der Waals surface area contributed by atoms with Crippen LogP contribution in [0.2, 0.25) is 0 Å². The SMILES string of the molecule is Cc1ccc(CN(C)C(=O)C2(CN)CCCCC2)cc1. The molecule has 3 nitrogen and oxygen atoms in total. The number of rotatable bonds is 4. The van der Waals surface area contributed by atoms with Crippen LogP contribution in [0.4, 0.5) is 0 Å². The zero-order valence-corrected chi connectivity index (χ0v) is 12.7. The highest BCUT2D eigenvalue weighted by Crippen LogP contribution is 2.37. The molecule has 20 heavy (non-hydrogen) atoms. The lowest BCUT2D eigenvalue weighted by Crippen LogP contribution is -2.47. The summed E-state index contributed by atoms with van der Waals surface area (Å²) in [6, 6.07) is 8.37. The van der Waals surface area contributed by atoms with Gasteiger partial charge in [0.2, 0.25) is 5.91 Å². The molecule has 1 saturated carbocycles. The smallest absolute Gasteiger partial charge is 0.230 e. The number of carbonyl (C=O) groups excluding carboxylic acids is 1. The van der Waals surface area contributed by atoms with Crippen molar-refractivity contribution in [2.75, 3.05) is 13.6 Å². The summed E-state index contributed by atoms with van der Waals surface area (Å²) >= 11 is 0.